The lowest BCUT2D eigenvalue weighted by atomic mass is 10.1. The molecule has 0 spiro atoms. The van der Waals surface area contributed by atoms with Crippen LogP contribution in [-0.2, 0) is 19.6 Å². The Morgan fingerprint density at radius 3 is 2.70 bits per heavy atom. The summed E-state index contributed by atoms with van der Waals surface area (Å²) in [4.78, 5) is 11.3. The molecule has 0 radical (unpaired) electrons. The Morgan fingerprint density at radius 2 is 1.89 bits per heavy atom. The molecule has 2 aromatic heterocycles. The second-order valence-electron chi connectivity index (χ2n) is 6.86. The number of hydrogen-bond donors (Lipinski definition) is 0. The van der Waals surface area contributed by atoms with Crippen LogP contribution < -0.4 is 9.47 Å². The predicted molar refractivity (Wildman–Crippen MR) is 102 cm³/mol. The Balaban J connectivity index is 1.40. The molecule has 0 amide bonds. The van der Waals surface area contributed by atoms with Gasteiger partial charge in [-0.25, -0.2) is 4.98 Å². The van der Waals surface area contributed by atoms with Gasteiger partial charge < -0.3 is 14.0 Å². The summed E-state index contributed by atoms with van der Waals surface area (Å²) in [5.74, 6) is 2.51. The number of rotatable bonds is 3. The average molecular weight is 383 g/mol. The number of nitrogens with zero attached hydrogens (tertiary/aromatic N) is 4. The fourth-order valence-corrected chi connectivity index (χ4v) is 3.97. The van der Waals surface area contributed by atoms with Gasteiger partial charge in [-0.15, -0.1) is 0 Å². The van der Waals surface area contributed by atoms with Gasteiger partial charge in [0.25, 0.3) is 0 Å². The normalized spacial score (nSPS) is 15.8. The van der Waals surface area contributed by atoms with E-state index in [9.17, 15) is 0 Å². The van der Waals surface area contributed by atoms with Crippen LogP contribution in [0.4, 0.5) is 0 Å². The van der Waals surface area contributed by atoms with E-state index in [2.05, 4.69) is 21.4 Å². The van der Waals surface area contributed by atoms with E-state index in [4.69, 9.17) is 26.1 Å². The number of hydrogen-bond acceptors (Lipinski definition) is 5. The molecule has 6 nitrogen and oxygen atoms in total. The zero-order chi connectivity index (χ0) is 18.4. The van der Waals surface area contributed by atoms with E-state index in [1.54, 1.807) is 0 Å². The number of ether oxygens (including phenoxy) is 2. The quantitative estimate of drug-likeness (QED) is 0.692. The molecule has 0 fully saturated rings. The highest BCUT2D eigenvalue weighted by Gasteiger charge is 2.24. The Kier molecular flexibility index (Phi) is 4.02. The van der Waals surface area contributed by atoms with Crippen molar-refractivity contribution in [2.45, 2.75) is 26.6 Å². The summed E-state index contributed by atoms with van der Waals surface area (Å²) < 4.78 is 13.2. The van der Waals surface area contributed by atoms with Crippen molar-refractivity contribution in [1.29, 1.82) is 0 Å². The van der Waals surface area contributed by atoms with E-state index in [0.29, 0.717) is 5.02 Å². The summed E-state index contributed by atoms with van der Waals surface area (Å²) in [5.41, 5.74) is 4.49. The molecule has 2 aliphatic heterocycles. The number of benzene rings is 1. The maximum absolute atomic E-state index is 6.46. The molecule has 4 heterocycles. The van der Waals surface area contributed by atoms with Gasteiger partial charge >= 0.3 is 0 Å². The molecule has 27 heavy (non-hydrogen) atoms. The Hall–Kier alpha value is -2.57. The molecule has 0 N–H and O–H groups in total. The van der Waals surface area contributed by atoms with Crippen LogP contribution in [0.5, 0.6) is 11.5 Å². The molecule has 0 saturated carbocycles. The largest absolute Gasteiger partial charge is 0.454 e. The second-order valence-corrected chi connectivity index (χ2v) is 7.27. The van der Waals surface area contributed by atoms with E-state index in [-0.39, 0.29) is 6.79 Å². The fourth-order valence-electron chi connectivity index (χ4n) is 3.76. The monoisotopic (exact) mass is 382 g/mol. The van der Waals surface area contributed by atoms with Crippen LogP contribution in [0, 0.1) is 6.92 Å². The summed E-state index contributed by atoms with van der Waals surface area (Å²) >= 11 is 6.46. The minimum atomic E-state index is 0.259. The van der Waals surface area contributed by atoms with Crippen molar-refractivity contribution in [1.82, 2.24) is 19.4 Å². The molecule has 0 unspecified atom stereocenters. The van der Waals surface area contributed by atoms with Crippen molar-refractivity contribution in [3.05, 3.63) is 58.6 Å². The smallest absolute Gasteiger partial charge is 0.231 e. The lowest BCUT2D eigenvalue weighted by Gasteiger charge is -2.29. The molecule has 0 bridgehead atoms. The molecule has 1 aromatic carbocycles. The molecule has 2 aliphatic rings. The third-order valence-electron chi connectivity index (χ3n) is 5.16. The van der Waals surface area contributed by atoms with Crippen LogP contribution in [0.15, 0.2) is 36.7 Å². The van der Waals surface area contributed by atoms with Gasteiger partial charge in [-0.1, -0.05) is 11.6 Å². The van der Waals surface area contributed by atoms with Crippen molar-refractivity contribution < 1.29 is 9.47 Å². The van der Waals surface area contributed by atoms with Crippen LogP contribution in [0.1, 0.15) is 17.0 Å². The highest BCUT2D eigenvalue weighted by molar-refractivity contribution is 6.31. The van der Waals surface area contributed by atoms with Crippen molar-refractivity contribution in [2.75, 3.05) is 13.3 Å². The number of halogens is 1. The van der Waals surface area contributed by atoms with E-state index in [0.717, 1.165) is 60.3 Å². The third kappa shape index (κ3) is 2.95. The standard InChI is InChI=1S/C20H19ClN4O2/c1-13-17-11-24(10-15-8-18-19(9-16(15)21)27-12-26-18)6-7-25(17)20(23-13)14-2-4-22-5-3-14/h2-5,8-9H,6-7,10-12H2,1H3. The first-order valence-electron chi connectivity index (χ1n) is 8.96. The van der Waals surface area contributed by atoms with Crippen LogP contribution in [0.3, 0.4) is 0 Å². The lowest BCUT2D eigenvalue weighted by molar-refractivity contribution is 0.173. The molecule has 5 rings (SSSR count). The lowest BCUT2D eigenvalue weighted by Crippen LogP contribution is -2.33. The summed E-state index contributed by atoms with van der Waals surface area (Å²) in [7, 11) is 0. The molecule has 3 aromatic rings. The van der Waals surface area contributed by atoms with E-state index in [1.165, 1.54) is 5.69 Å². The van der Waals surface area contributed by atoms with Gasteiger partial charge in [0.2, 0.25) is 6.79 Å². The van der Waals surface area contributed by atoms with Gasteiger partial charge in [0.05, 0.1) is 11.4 Å². The predicted octanol–water partition coefficient (Wildman–Crippen LogP) is 3.65. The minimum absolute atomic E-state index is 0.259. The first-order chi connectivity index (χ1) is 13.2. The van der Waals surface area contributed by atoms with Crippen molar-refractivity contribution in [2.24, 2.45) is 0 Å². The minimum Gasteiger partial charge on any atom is -0.454 e. The molecule has 138 valence electrons. The average Bonchev–Trinajstić information content (AvgIpc) is 3.27. The Labute approximate surface area is 162 Å². The van der Waals surface area contributed by atoms with Crippen LogP contribution in [0.25, 0.3) is 11.4 Å². The summed E-state index contributed by atoms with van der Waals surface area (Å²) in [6, 6.07) is 7.85. The fraction of sp³-hybridized carbons (Fsp3) is 0.300. The summed E-state index contributed by atoms with van der Waals surface area (Å²) in [6.45, 7) is 5.78. The maximum Gasteiger partial charge on any atom is 0.231 e. The molecule has 0 atom stereocenters. The van der Waals surface area contributed by atoms with Crippen molar-refractivity contribution in [3.63, 3.8) is 0 Å². The van der Waals surface area contributed by atoms with Crippen LogP contribution >= 0.6 is 11.6 Å². The van der Waals surface area contributed by atoms with Crippen molar-refractivity contribution in [3.8, 4) is 22.9 Å². The molecular formula is C20H19ClN4O2. The van der Waals surface area contributed by atoms with Gasteiger partial charge in [-0.05, 0) is 30.7 Å². The molecule has 0 aliphatic carbocycles. The number of fused-ring (bicyclic) bond motifs is 2. The van der Waals surface area contributed by atoms with Gasteiger partial charge in [-0.3, -0.25) is 9.88 Å². The highest BCUT2D eigenvalue weighted by Crippen LogP contribution is 2.37. The zero-order valence-electron chi connectivity index (χ0n) is 15.0. The van der Waals surface area contributed by atoms with Crippen LogP contribution in [0.2, 0.25) is 5.02 Å². The van der Waals surface area contributed by atoms with Crippen molar-refractivity contribution >= 4 is 11.6 Å². The molecular weight excluding hydrogens is 364 g/mol. The Morgan fingerprint density at radius 1 is 1.11 bits per heavy atom. The third-order valence-corrected chi connectivity index (χ3v) is 5.51. The second kappa shape index (κ2) is 6.55. The summed E-state index contributed by atoms with van der Waals surface area (Å²) in [6.07, 6.45) is 3.62. The zero-order valence-corrected chi connectivity index (χ0v) is 15.7. The number of pyridine rings is 1. The highest BCUT2D eigenvalue weighted by atomic mass is 35.5. The molecule has 7 heteroatoms. The SMILES string of the molecule is Cc1nc(-c2ccncc2)n2c1CN(Cc1cc3c(cc1Cl)OCO3)CC2. The van der Waals surface area contributed by atoms with Gasteiger partial charge in [0, 0.05) is 55.2 Å². The number of imidazole rings is 1. The Bertz CT molecular complexity index is 1000. The van der Waals surface area contributed by atoms with E-state index < -0.39 is 0 Å². The molecule has 0 saturated heterocycles. The van der Waals surface area contributed by atoms with Gasteiger partial charge in [0.15, 0.2) is 11.5 Å². The first kappa shape index (κ1) is 16.6. The first-order valence-corrected chi connectivity index (χ1v) is 9.33. The topological polar surface area (TPSA) is 52.4 Å². The van der Waals surface area contributed by atoms with E-state index in [1.807, 2.05) is 36.7 Å². The van der Waals surface area contributed by atoms with E-state index >= 15 is 0 Å². The maximum atomic E-state index is 6.46. The van der Waals surface area contributed by atoms with Gasteiger partial charge in [-0.2, -0.15) is 0 Å². The number of aromatic nitrogens is 3. The number of aryl methyl sites for hydroxylation is 1. The van der Waals surface area contributed by atoms with Gasteiger partial charge in [0.1, 0.15) is 5.82 Å². The summed E-state index contributed by atoms with van der Waals surface area (Å²) in [5, 5.41) is 0.715. The van der Waals surface area contributed by atoms with Crippen LogP contribution in [-0.4, -0.2) is 32.8 Å².